The number of likely N-dealkylation sites (N-methyl/N-ethyl adjacent to an activating group) is 1. The zero-order valence-corrected chi connectivity index (χ0v) is 16.8. The van der Waals surface area contributed by atoms with Gasteiger partial charge in [-0.2, -0.15) is 0 Å². The van der Waals surface area contributed by atoms with Crippen molar-refractivity contribution in [2.24, 2.45) is 0 Å². The number of nitrogens with zero attached hydrogens (tertiary/aromatic N) is 2. The third kappa shape index (κ3) is 4.11. The van der Waals surface area contributed by atoms with E-state index in [-0.39, 0.29) is 24.3 Å². The molecule has 0 N–H and O–H groups in total. The van der Waals surface area contributed by atoms with Crippen molar-refractivity contribution in [1.82, 2.24) is 10.1 Å². The van der Waals surface area contributed by atoms with Crippen molar-refractivity contribution in [2.45, 2.75) is 33.0 Å². The van der Waals surface area contributed by atoms with E-state index in [0.29, 0.717) is 12.3 Å². The first kappa shape index (κ1) is 19.1. The predicted octanol–water partition coefficient (Wildman–Crippen LogP) is 3.95. The van der Waals surface area contributed by atoms with E-state index in [0.717, 1.165) is 29.0 Å². The van der Waals surface area contributed by atoms with Crippen LogP contribution in [0.3, 0.4) is 0 Å². The predicted molar refractivity (Wildman–Crippen MR) is 108 cm³/mol. The molecule has 29 heavy (non-hydrogen) atoms. The summed E-state index contributed by atoms with van der Waals surface area (Å²) in [4.78, 5) is 14.3. The summed E-state index contributed by atoms with van der Waals surface area (Å²) in [5.41, 5.74) is 3.55. The topological polar surface area (TPSA) is 64.8 Å². The number of benzene rings is 2. The minimum atomic E-state index is -0.202. The first-order valence-corrected chi connectivity index (χ1v) is 9.66. The van der Waals surface area contributed by atoms with Crippen LogP contribution >= 0.6 is 0 Å². The molecule has 6 heteroatoms. The molecule has 1 atom stereocenters. The van der Waals surface area contributed by atoms with Gasteiger partial charge in [0.2, 0.25) is 0 Å². The van der Waals surface area contributed by atoms with Gasteiger partial charge in [-0.3, -0.25) is 4.79 Å². The molecule has 0 fully saturated rings. The number of fused-ring (bicyclic) bond motifs is 1. The fraction of sp³-hybridized carbons (Fsp3) is 0.304. The van der Waals surface area contributed by atoms with Gasteiger partial charge in [-0.1, -0.05) is 41.6 Å². The van der Waals surface area contributed by atoms with Crippen LogP contribution in [-0.4, -0.2) is 35.7 Å². The number of carbonyl (C=O) groups excluding carboxylic acids is 1. The molecule has 0 aliphatic carbocycles. The maximum atomic E-state index is 12.7. The number of rotatable bonds is 6. The summed E-state index contributed by atoms with van der Waals surface area (Å²) in [5, 5.41) is 3.92. The van der Waals surface area contributed by atoms with E-state index in [9.17, 15) is 4.79 Å². The Labute approximate surface area is 170 Å². The molecule has 0 bridgehead atoms. The summed E-state index contributed by atoms with van der Waals surface area (Å²) >= 11 is 0. The second kappa shape index (κ2) is 7.99. The number of hydrogen-bond donors (Lipinski definition) is 0. The van der Waals surface area contributed by atoms with Gasteiger partial charge in [-0.15, -0.1) is 0 Å². The number of amides is 1. The van der Waals surface area contributed by atoms with Crippen molar-refractivity contribution in [1.29, 1.82) is 0 Å². The Morgan fingerprint density at radius 1 is 1.17 bits per heavy atom. The SMILES string of the molecule is Cc1cccc(C)c1OCc1cc(C(=O)N(C)C[C@@H]2Cc3ccccc3O2)no1. The van der Waals surface area contributed by atoms with Crippen LogP contribution in [0.15, 0.2) is 53.1 Å². The van der Waals surface area contributed by atoms with E-state index in [2.05, 4.69) is 11.2 Å². The van der Waals surface area contributed by atoms with Gasteiger partial charge >= 0.3 is 0 Å². The maximum absolute atomic E-state index is 12.7. The third-order valence-corrected chi connectivity index (χ3v) is 5.08. The Morgan fingerprint density at radius 2 is 1.93 bits per heavy atom. The van der Waals surface area contributed by atoms with Crippen LogP contribution in [0.5, 0.6) is 11.5 Å². The highest BCUT2D eigenvalue weighted by Crippen LogP contribution is 2.28. The average molecular weight is 392 g/mol. The van der Waals surface area contributed by atoms with Crippen molar-refractivity contribution in [2.75, 3.05) is 13.6 Å². The molecule has 1 aliphatic rings. The van der Waals surface area contributed by atoms with Gasteiger partial charge in [-0.05, 0) is 36.6 Å². The number of para-hydroxylation sites is 2. The van der Waals surface area contributed by atoms with E-state index in [1.165, 1.54) is 5.56 Å². The van der Waals surface area contributed by atoms with Crippen LogP contribution < -0.4 is 9.47 Å². The van der Waals surface area contributed by atoms with Crippen LogP contribution in [0.4, 0.5) is 0 Å². The van der Waals surface area contributed by atoms with Crippen molar-refractivity contribution in [3.63, 3.8) is 0 Å². The lowest BCUT2D eigenvalue weighted by Gasteiger charge is -2.20. The summed E-state index contributed by atoms with van der Waals surface area (Å²) < 4.78 is 17.1. The molecule has 150 valence electrons. The molecule has 0 radical (unpaired) electrons. The summed E-state index contributed by atoms with van der Waals surface area (Å²) in [6, 6.07) is 15.6. The van der Waals surface area contributed by atoms with Gasteiger partial charge in [-0.25, -0.2) is 0 Å². The molecular formula is C23H24N2O4. The molecule has 0 unspecified atom stereocenters. The van der Waals surface area contributed by atoms with Crippen LogP contribution in [0, 0.1) is 13.8 Å². The molecule has 0 saturated carbocycles. The van der Waals surface area contributed by atoms with E-state index in [1.54, 1.807) is 18.0 Å². The molecule has 2 aromatic carbocycles. The molecule has 4 rings (SSSR count). The largest absolute Gasteiger partial charge is 0.488 e. The Balaban J connectivity index is 1.34. The fourth-order valence-corrected chi connectivity index (χ4v) is 3.59. The van der Waals surface area contributed by atoms with E-state index in [1.807, 2.05) is 50.2 Å². The first-order chi connectivity index (χ1) is 14.0. The number of aromatic nitrogens is 1. The fourth-order valence-electron chi connectivity index (χ4n) is 3.59. The van der Waals surface area contributed by atoms with Crippen molar-refractivity contribution in [3.8, 4) is 11.5 Å². The van der Waals surface area contributed by atoms with Gasteiger partial charge in [0, 0.05) is 19.5 Å². The highest BCUT2D eigenvalue weighted by atomic mass is 16.5. The van der Waals surface area contributed by atoms with Crippen molar-refractivity contribution >= 4 is 5.91 Å². The Morgan fingerprint density at radius 3 is 2.69 bits per heavy atom. The summed E-state index contributed by atoms with van der Waals surface area (Å²) in [7, 11) is 1.75. The molecule has 1 aliphatic heterocycles. The van der Waals surface area contributed by atoms with Crippen LogP contribution in [0.25, 0.3) is 0 Å². The Kier molecular flexibility index (Phi) is 5.25. The lowest BCUT2D eigenvalue weighted by atomic mass is 10.1. The maximum Gasteiger partial charge on any atom is 0.275 e. The highest BCUT2D eigenvalue weighted by Gasteiger charge is 2.26. The van der Waals surface area contributed by atoms with E-state index >= 15 is 0 Å². The van der Waals surface area contributed by atoms with Gasteiger partial charge in [0.1, 0.15) is 24.2 Å². The molecule has 1 amide bonds. The minimum Gasteiger partial charge on any atom is -0.488 e. The number of hydrogen-bond acceptors (Lipinski definition) is 5. The van der Waals surface area contributed by atoms with Gasteiger partial charge < -0.3 is 18.9 Å². The minimum absolute atomic E-state index is 0.0555. The lowest BCUT2D eigenvalue weighted by molar-refractivity contribution is 0.0720. The van der Waals surface area contributed by atoms with Crippen LogP contribution in [0.2, 0.25) is 0 Å². The quantitative estimate of drug-likeness (QED) is 0.636. The second-order valence-corrected chi connectivity index (χ2v) is 7.43. The molecule has 0 spiro atoms. The lowest BCUT2D eigenvalue weighted by Crippen LogP contribution is -2.36. The van der Waals surface area contributed by atoms with Gasteiger partial charge in [0.25, 0.3) is 5.91 Å². The van der Waals surface area contributed by atoms with E-state index in [4.69, 9.17) is 14.0 Å². The van der Waals surface area contributed by atoms with Crippen LogP contribution in [-0.2, 0) is 13.0 Å². The second-order valence-electron chi connectivity index (χ2n) is 7.43. The Bertz CT molecular complexity index is 982. The standard InChI is InChI=1S/C23H24N2O4/c1-15-7-6-8-16(2)22(15)27-14-19-12-20(24-29-19)23(26)25(3)13-18-11-17-9-4-5-10-21(17)28-18/h4-10,12,18H,11,13-14H2,1-3H3/t18-/m0/s1. The van der Waals surface area contributed by atoms with E-state index < -0.39 is 0 Å². The molecule has 3 aromatic rings. The molecule has 1 aromatic heterocycles. The molecule has 0 saturated heterocycles. The summed E-state index contributed by atoms with van der Waals surface area (Å²) in [5.74, 6) is 2.03. The zero-order valence-electron chi connectivity index (χ0n) is 16.8. The third-order valence-electron chi connectivity index (χ3n) is 5.08. The van der Waals surface area contributed by atoms with Crippen molar-refractivity contribution < 1.29 is 18.8 Å². The summed E-state index contributed by atoms with van der Waals surface area (Å²) in [6.45, 7) is 4.69. The highest BCUT2D eigenvalue weighted by molar-refractivity contribution is 5.92. The summed E-state index contributed by atoms with van der Waals surface area (Å²) in [6.07, 6.45) is 0.738. The van der Waals surface area contributed by atoms with Gasteiger partial charge in [0.15, 0.2) is 11.5 Å². The molecule has 6 nitrogen and oxygen atoms in total. The number of aryl methyl sites for hydroxylation is 2. The van der Waals surface area contributed by atoms with Crippen LogP contribution in [0.1, 0.15) is 32.9 Å². The normalized spacial score (nSPS) is 14.9. The molecular weight excluding hydrogens is 368 g/mol. The van der Waals surface area contributed by atoms with Gasteiger partial charge in [0.05, 0.1) is 6.54 Å². The molecule has 2 heterocycles. The number of ether oxygens (including phenoxy) is 2. The zero-order chi connectivity index (χ0) is 20.4. The van der Waals surface area contributed by atoms with Crippen molar-refractivity contribution in [3.05, 3.63) is 76.7 Å². The average Bonchev–Trinajstić information content (AvgIpc) is 3.33. The first-order valence-electron chi connectivity index (χ1n) is 9.66. The smallest absolute Gasteiger partial charge is 0.275 e. The number of carbonyl (C=O) groups is 1. The monoisotopic (exact) mass is 392 g/mol. The Hall–Kier alpha value is -3.28.